The van der Waals surface area contributed by atoms with Gasteiger partial charge in [0, 0.05) is 18.7 Å². The molecule has 0 fully saturated rings. The summed E-state index contributed by atoms with van der Waals surface area (Å²) in [4.78, 5) is 23.9. The zero-order valence-electron chi connectivity index (χ0n) is 13.1. The maximum atomic E-state index is 12.2. The number of aryl methyl sites for hydroxylation is 1. The third-order valence-corrected chi connectivity index (χ3v) is 4.16. The Morgan fingerprint density at radius 1 is 1.29 bits per heavy atom. The van der Waals surface area contributed by atoms with Gasteiger partial charge in [-0.25, -0.2) is 0 Å². The Balaban J connectivity index is 1.67. The second kappa shape index (κ2) is 7.22. The number of hydrogen-bond donors (Lipinski definition) is 1. The van der Waals surface area contributed by atoms with Gasteiger partial charge >= 0.3 is 0 Å². The molecule has 124 valence electrons. The van der Waals surface area contributed by atoms with Crippen LogP contribution in [-0.4, -0.2) is 20.7 Å². The van der Waals surface area contributed by atoms with Crippen LogP contribution in [0.4, 0.5) is 5.13 Å². The first-order valence-electron chi connectivity index (χ1n) is 7.53. The van der Waals surface area contributed by atoms with Gasteiger partial charge in [0.25, 0.3) is 11.5 Å². The van der Waals surface area contributed by atoms with E-state index in [9.17, 15) is 9.59 Å². The lowest BCUT2D eigenvalue weighted by Crippen LogP contribution is -2.18. The maximum absolute atomic E-state index is 12.2. The van der Waals surface area contributed by atoms with Gasteiger partial charge in [-0.05, 0) is 24.6 Å². The molecule has 24 heavy (non-hydrogen) atoms. The van der Waals surface area contributed by atoms with Crippen LogP contribution in [0, 0.1) is 0 Å². The minimum atomic E-state index is -0.388. The van der Waals surface area contributed by atoms with E-state index in [1.165, 1.54) is 22.0 Å². The zero-order valence-corrected chi connectivity index (χ0v) is 13.9. The van der Waals surface area contributed by atoms with Crippen LogP contribution in [-0.2, 0) is 13.0 Å². The summed E-state index contributed by atoms with van der Waals surface area (Å²) in [5.74, 6) is 0.305. The summed E-state index contributed by atoms with van der Waals surface area (Å²) < 4.78 is 7.02. The van der Waals surface area contributed by atoms with E-state index in [-0.39, 0.29) is 23.8 Å². The van der Waals surface area contributed by atoms with Crippen LogP contribution in [0.5, 0.6) is 0 Å². The second-order valence-electron chi connectivity index (χ2n) is 5.14. The minimum Gasteiger partial charge on any atom is -0.454 e. The Morgan fingerprint density at radius 2 is 2.17 bits per heavy atom. The van der Waals surface area contributed by atoms with Crippen molar-refractivity contribution in [2.45, 2.75) is 26.3 Å². The molecular weight excluding hydrogens is 328 g/mol. The quantitative estimate of drug-likeness (QED) is 0.742. The molecule has 0 saturated heterocycles. The van der Waals surface area contributed by atoms with Crippen molar-refractivity contribution in [3.05, 3.63) is 63.4 Å². The number of carbonyl (C=O) groups is 1. The number of pyridine rings is 1. The van der Waals surface area contributed by atoms with Gasteiger partial charge in [-0.2, -0.15) is 0 Å². The maximum Gasteiger partial charge on any atom is 0.293 e. The highest BCUT2D eigenvalue weighted by atomic mass is 32.1. The Morgan fingerprint density at radius 3 is 2.96 bits per heavy atom. The van der Waals surface area contributed by atoms with Gasteiger partial charge in [-0.15, -0.1) is 10.2 Å². The Labute approximate surface area is 142 Å². The molecule has 3 aromatic heterocycles. The molecule has 0 saturated carbocycles. The van der Waals surface area contributed by atoms with Crippen molar-refractivity contribution in [3.63, 3.8) is 0 Å². The number of hydrogen-bond acceptors (Lipinski definition) is 6. The van der Waals surface area contributed by atoms with Gasteiger partial charge in [0.15, 0.2) is 5.76 Å². The highest BCUT2D eigenvalue weighted by Gasteiger charge is 2.14. The lowest BCUT2D eigenvalue weighted by Gasteiger charge is -2.01. The lowest BCUT2D eigenvalue weighted by atomic mass is 10.4. The number of rotatable bonds is 6. The number of anilines is 1. The van der Waals surface area contributed by atoms with Crippen LogP contribution in [0.25, 0.3) is 0 Å². The first-order valence-corrected chi connectivity index (χ1v) is 8.35. The number of nitrogens with zero attached hydrogens (tertiary/aromatic N) is 3. The van der Waals surface area contributed by atoms with Crippen molar-refractivity contribution in [3.8, 4) is 0 Å². The number of aromatic nitrogens is 3. The van der Waals surface area contributed by atoms with Crippen LogP contribution in [0.3, 0.4) is 0 Å². The standard InChI is InChI=1S/C16H16N4O3S/c1-2-5-13-18-19-16(24-13)17-15(22)12-8-7-11(23-12)10-20-9-4-3-6-14(20)21/h3-4,6-9H,2,5,10H2,1H3,(H,17,19,22). The molecule has 3 heterocycles. The summed E-state index contributed by atoms with van der Waals surface area (Å²) in [5, 5.41) is 11.9. The van der Waals surface area contributed by atoms with Gasteiger partial charge in [-0.3, -0.25) is 14.9 Å². The molecule has 0 aliphatic rings. The van der Waals surface area contributed by atoms with E-state index < -0.39 is 0 Å². The molecule has 7 nitrogen and oxygen atoms in total. The summed E-state index contributed by atoms with van der Waals surface area (Å²) in [6.45, 7) is 2.33. The molecule has 0 unspecified atom stereocenters. The Kier molecular flexibility index (Phi) is 4.85. The Hall–Kier alpha value is -2.74. The van der Waals surface area contributed by atoms with Gasteiger partial charge in [0.05, 0.1) is 6.54 Å². The molecule has 1 amide bonds. The highest BCUT2D eigenvalue weighted by Crippen LogP contribution is 2.18. The lowest BCUT2D eigenvalue weighted by molar-refractivity contribution is 0.0994. The van der Waals surface area contributed by atoms with Crippen LogP contribution in [0.2, 0.25) is 0 Å². The summed E-state index contributed by atoms with van der Waals surface area (Å²) in [5.41, 5.74) is -0.128. The molecule has 0 bridgehead atoms. The summed E-state index contributed by atoms with van der Waals surface area (Å²) in [7, 11) is 0. The fourth-order valence-corrected chi connectivity index (χ4v) is 2.96. The van der Waals surface area contributed by atoms with Gasteiger partial charge in [0.2, 0.25) is 5.13 Å². The van der Waals surface area contributed by atoms with Crippen LogP contribution in [0.15, 0.2) is 45.7 Å². The molecule has 0 atom stereocenters. The monoisotopic (exact) mass is 344 g/mol. The SMILES string of the molecule is CCCc1nnc(NC(=O)c2ccc(Cn3ccccc3=O)o2)s1. The molecule has 0 aromatic carbocycles. The largest absolute Gasteiger partial charge is 0.454 e. The minimum absolute atomic E-state index is 0.128. The van der Waals surface area contributed by atoms with E-state index in [0.29, 0.717) is 10.9 Å². The smallest absolute Gasteiger partial charge is 0.293 e. The molecule has 0 radical (unpaired) electrons. The third kappa shape index (κ3) is 3.77. The normalized spacial score (nSPS) is 10.7. The molecule has 0 spiro atoms. The molecule has 3 rings (SSSR count). The van der Waals surface area contributed by atoms with Gasteiger partial charge in [0.1, 0.15) is 10.8 Å². The number of carbonyl (C=O) groups excluding carboxylic acids is 1. The molecule has 3 aromatic rings. The van der Waals surface area contributed by atoms with Crippen molar-refractivity contribution in [1.82, 2.24) is 14.8 Å². The number of furan rings is 1. The predicted molar refractivity (Wildman–Crippen MR) is 90.4 cm³/mol. The first kappa shape index (κ1) is 16.1. The van der Waals surface area contributed by atoms with Crippen molar-refractivity contribution < 1.29 is 9.21 Å². The van der Waals surface area contributed by atoms with Crippen LogP contribution >= 0.6 is 11.3 Å². The van der Waals surface area contributed by atoms with E-state index in [2.05, 4.69) is 22.4 Å². The van der Waals surface area contributed by atoms with Crippen LogP contribution < -0.4 is 10.9 Å². The van der Waals surface area contributed by atoms with Gasteiger partial charge in [-0.1, -0.05) is 24.3 Å². The fourth-order valence-electron chi connectivity index (χ4n) is 2.12. The van der Waals surface area contributed by atoms with Gasteiger partial charge < -0.3 is 8.98 Å². The molecule has 0 aliphatic carbocycles. The molecule has 1 N–H and O–H groups in total. The van der Waals surface area contributed by atoms with Crippen molar-refractivity contribution in [1.29, 1.82) is 0 Å². The van der Waals surface area contributed by atoms with E-state index in [4.69, 9.17) is 4.42 Å². The van der Waals surface area contributed by atoms with E-state index in [0.717, 1.165) is 17.8 Å². The van der Waals surface area contributed by atoms with Crippen LogP contribution in [0.1, 0.15) is 34.7 Å². The van der Waals surface area contributed by atoms with Crippen molar-refractivity contribution >= 4 is 22.4 Å². The highest BCUT2D eigenvalue weighted by molar-refractivity contribution is 7.15. The van der Waals surface area contributed by atoms with E-state index >= 15 is 0 Å². The average Bonchev–Trinajstić information content (AvgIpc) is 3.20. The van der Waals surface area contributed by atoms with E-state index in [1.807, 2.05) is 0 Å². The summed E-state index contributed by atoms with van der Waals surface area (Å²) in [6.07, 6.45) is 3.48. The van der Waals surface area contributed by atoms with E-state index in [1.54, 1.807) is 30.5 Å². The first-order chi connectivity index (χ1) is 11.7. The predicted octanol–water partition coefficient (Wildman–Crippen LogP) is 2.55. The molecule has 0 aliphatic heterocycles. The zero-order chi connectivity index (χ0) is 16.9. The Bertz CT molecular complexity index is 896. The molecule has 8 heteroatoms. The second-order valence-corrected chi connectivity index (χ2v) is 6.20. The molecular formula is C16H16N4O3S. The third-order valence-electron chi connectivity index (χ3n) is 3.26. The summed E-state index contributed by atoms with van der Waals surface area (Å²) >= 11 is 1.35. The summed E-state index contributed by atoms with van der Waals surface area (Å²) in [6, 6.07) is 8.17. The van der Waals surface area contributed by atoms with Crippen molar-refractivity contribution in [2.75, 3.05) is 5.32 Å². The number of nitrogens with one attached hydrogen (secondary N) is 1. The topological polar surface area (TPSA) is 90.0 Å². The number of amides is 1. The average molecular weight is 344 g/mol. The fraction of sp³-hybridized carbons (Fsp3) is 0.250. The van der Waals surface area contributed by atoms with Crippen molar-refractivity contribution in [2.24, 2.45) is 0 Å².